The predicted octanol–water partition coefficient (Wildman–Crippen LogP) is -0.820. The number of nitrogens with zero attached hydrogens (tertiary/aromatic N) is 1. The summed E-state index contributed by atoms with van der Waals surface area (Å²) in [7, 11) is 0. The van der Waals surface area contributed by atoms with Crippen LogP contribution >= 0.6 is 0 Å². The van der Waals surface area contributed by atoms with Crippen LogP contribution in [0.4, 0.5) is 4.79 Å². The zero-order valence-electron chi connectivity index (χ0n) is 5.09. The van der Waals surface area contributed by atoms with E-state index < -0.39 is 0 Å². The van der Waals surface area contributed by atoms with Crippen molar-refractivity contribution in [2.24, 2.45) is 0 Å². The number of carbonyl (C=O) groups is 1. The maximum absolute atomic E-state index is 10.6. The van der Waals surface area contributed by atoms with Gasteiger partial charge in [0, 0.05) is 0 Å². The van der Waals surface area contributed by atoms with E-state index in [-0.39, 0.29) is 4.81 Å². The number of amides is 1. The molecule has 0 saturated carbocycles. The van der Waals surface area contributed by atoms with Crippen molar-refractivity contribution in [3.05, 3.63) is 0 Å². The zero-order chi connectivity index (χ0) is 6.69. The zero-order valence-corrected chi connectivity index (χ0v) is 6.81. The van der Waals surface area contributed by atoms with Crippen molar-refractivity contribution in [3.63, 3.8) is 0 Å². The second-order valence-electron chi connectivity index (χ2n) is 2.00. The number of rotatable bonds is 0. The third kappa shape index (κ3) is 1.97. The Kier molecular flexibility index (Phi) is 2.51. The van der Waals surface area contributed by atoms with Crippen molar-refractivity contribution >= 4 is 20.8 Å². The molecule has 51 valence electrons. The van der Waals surface area contributed by atoms with Gasteiger partial charge < -0.3 is 0 Å². The van der Waals surface area contributed by atoms with Crippen LogP contribution in [0.3, 0.4) is 0 Å². The summed E-state index contributed by atoms with van der Waals surface area (Å²) < 4.78 is 0. The number of hydrogen-bond donors (Lipinski definition) is 1. The molecule has 9 heavy (non-hydrogen) atoms. The Hall–Kier alpha value is -0.0505. The molecule has 1 amide bonds. The first kappa shape index (κ1) is 7.06. The van der Waals surface area contributed by atoms with Crippen molar-refractivity contribution in [2.45, 2.75) is 0 Å². The van der Waals surface area contributed by atoms with E-state index in [0.717, 1.165) is 26.2 Å². The summed E-state index contributed by atoms with van der Waals surface area (Å²) >= 11 is 2.47. The van der Waals surface area contributed by atoms with E-state index >= 15 is 0 Å². The van der Waals surface area contributed by atoms with Crippen LogP contribution in [-0.4, -0.2) is 51.9 Å². The number of nitrogens with one attached hydrogen (secondary N) is 1. The molecule has 1 radical (unpaired) electrons. The van der Waals surface area contributed by atoms with Crippen molar-refractivity contribution < 1.29 is 4.79 Å². The Morgan fingerprint density at radius 2 is 2.00 bits per heavy atom. The van der Waals surface area contributed by atoms with Crippen LogP contribution in [0.1, 0.15) is 0 Å². The van der Waals surface area contributed by atoms with Gasteiger partial charge in [0.15, 0.2) is 0 Å². The first-order valence-electron chi connectivity index (χ1n) is 2.97. The minimum atomic E-state index is 0.0662. The maximum atomic E-state index is 10.6. The van der Waals surface area contributed by atoms with Gasteiger partial charge in [-0.15, -0.1) is 0 Å². The van der Waals surface area contributed by atoms with E-state index in [9.17, 15) is 4.79 Å². The second-order valence-corrected chi connectivity index (χ2v) is 2.74. The standard InChI is InChI=1S/C5H9N2OSe/c8-5(9)7-3-1-6-2-4-7/h6H,1-4H2. The van der Waals surface area contributed by atoms with E-state index in [1.54, 1.807) is 4.90 Å². The van der Waals surface area contributed by atoms with Crippen molar-refractivity contribution in [1.82, 2.24) is 10.2 Å². The normalized spacial score (nSPS) is 19.8. The Labute approximate surface area is 62.6 Å². The molecule has 0 unspecified atom stereocenters. The molecule has 1 heterocycles. The fourth-order valence-electron chi connectivity index (χ4n) is 0.847. The molecule has 3 nitrogen and oxygen atoms in total. The average Bonchev–Trinajstić information content (AvgIpc) is 1.90. The monoisotopic (exact) mass is 193 g/mol. The summed E-state index contributed by atoms with van der Waals surface area (Å²) in [4.78, 5) is 12.5. The molecule has 0 atom stereocenters. The third-order valence-electron chi connectivity index (χ3n) is 1.38. The van der Waals surface area contributed by atoms with E-state index in [1.807, 2.05) is 0 Å². The molecule has 1 N–H and O–H groups in total. The van der Waals surface area contributed by atoms with Gasteiger partial charge in [-0.3, -0.25) is 0 Å². The van der Waals surface area contributed by atoms with Crippen LogP contribution in [0.25, 0.3) is 0 Å². The van der Waals surface area contributed by atoms with Crippen LogP contribution < -0.4 is 5.32 Å². The Morgan fingerprint density at radius 3 is 2.33 bits per heavy atom. The summed E-state index contributed by atoms with van der Waals surface area (Å²) in [5.74, 6) is 0. The summed E-state index contributed by atoms with van der Waals surface area (Å²) in [6, 6.07) is 0. The SMILES string of the molecule is O=C([Se])N1CCNCC1. The van der Waals surface area contributed by atoms with Crippen LogP contribution in [0.5, 0.6) is 0 Å². The van der Waals surface area contributed by atoms with Gasteiger partial charge in [0.05, 0.1) is 0 Å². The van der Waals surface area contributed by atoms with Gasteiger partial charge in [-0.2, -0.15) is 0 Å². The van der Waals surface area contributed by atoms with E-state index in [0.29, 0.717) is 0 Å². The van der Waals surface area contributed by atoms with Crippen molar-refractivity contribution in [1.29, 1.82) is 0 Å². The average molecular weight is 192 g/mol. The molecular formula is C5H9N2OSe. The first-order chi connectivity index (χ1) is 4.30. The van der Waals surface area contributed by atoms with Gasteiger partial charge in [0.1, 0.15) is 0 Å². The van der Waals surface area contributed by atoms with E-state index in [2.05, 4.69) is 21.3 Å². The minimum absolute atomic E-state index is 0.0662. The molecule has 1 rings (SSSR count). The third-order valence-corrected chi connectivity index (χ3v) is 1.92. The molecule has 1 aliphatic heterocycles. The van der Waals surface area contributed by atoms with Gasteiger partial charge in [0.25, 0.3) is 0 Å². The molecule has 0 aromatic carbocycles. The Bertz CT molecular complexity index is 112. The van der Waals surface area contributed by atoms with E-state index in [1.165, 1.54) is 0 Å². The summed E-state index contributed by atoms with van der Waals surface area (Å²) in [5, 5.41) is 3.16. The molecule has 0 spiro atoms. The van der Waals surface area contributed by atoms with Crippen LogP contribution in [-0.2, 0) is 0 Å². The molecule has 1 aliphatic rings. The molecule has 0 aromatic heterocycles. The molecule has 0 bridgehead atoms. The van der Waals surface area contributed by atoms with Crippen LogP contribution in [0.2, 0.25) is 0 Å². The van der Waals surface area contributed by atoms with Gasteiger partial charge in [-0.05, 0) is 0 Å². The topological polar surface area (TPSA) is 32.3 Å². The van der Waals surface area contributed by atoms with Crippen molar-refractivity contribution in [2.75, 3.05) is 26.2 Å². The number of hydrogen-bond acceptors (Lipinski definition) is 2. The number of piperazine rings is 1. The predicted molar refractivity (Wildman–Crippen MR) is 35.6 cm³/mol. The van der Waals surface area contributed by atoms with Crippen LogP contribution in [0, 0.1) is 0 Å². The second kappa shape index (κ2) is 3.20. The molecule has 1 saturated heterocycles. The summed E-state index contributed by atoms with van der Waals surface area (Å²) in [5.41, 5.74) is 0. The van der Waals surface area contributed by atoms with Gasteiger partial charge in [0.2, 0.25) is 0 Å². The van der Waals surface area contributed by atoms with Gasteiger partial charge >= 0.3 is 62.0 Å². The quantitative estimate of drug-likeness (QED) is 0.508. The van der Waals surface area contributed by atoms with Gasteiger partial charge in [-0.25, -0.2) is 0 Å². The molecular weight excluding hydrogens is 183 g/mol. The Morgan fingerprint density at radius 1 is 1.44 bits per heavy atom. The summed E-state index contributed by atoms with van der Waals surface area (Å²) in [6.45, 7) is 3.53. The van der Waals surface area contributed by atoms with E-state index in [4.69, 9.17) is 0 Å². The first-order valence-corrected chi connectivity index (χ1v) is 3.83. The molecule has 4 heteroatoms. The van der Waals surface area contributed by atoms with Crippen LogP contribution in [0.15, 0.2) is 0 Å². The summed E-state index contributed by atoms with van der Waals surface area (Å²) in [6.07, 6.45) is 0. The molecule has 0 aromatic rings. The fourth-order valence-corrected chi connectivity index (χ4v) is 1.23. The fraction of sp³-hybridized carbons (Fsp3) is 0.800. The Balaban J connectivity index is 2.31. The number of carbonyl (C=O) groups excluding carboxylic acids is 1. The van der Waals surface area contributed by atoms with Gasteiger partial charge in [-0.1, -0.05) is 0 Å². The molecule has 1 fully saturated rings. The van der Waals surface area contributed by atoms with Crippen molar-refractivity contribution in [3.8, 4) is 0 Å². The molecule has 0 aliphatic carbocycles.